The third kappa shape index (κ3) is 5.28. The van der Waals surface area contributed by atoms with Crippen LogP contribution in [0.4, 0.5) is 0 Å². The number of rotatable bonds is 5. The highest BCUT2D eigenvalue weighted by atomic mass is 16.2. The zero-order chi connectivity index (χ0) is 16.9. The van der Waals surface area contributed by atoms with E-state index in [0.29, 0.717) is 6.54 Å². The van der Waals surface area contributed by atoms with E-state index in [9.17, 15) is 9.59 Å². The summed E-state index contributed by atoms with van der Waals surface area (Å²) in [7, 11) is 0. The lowest BCUT2D eigenvalue weighted by Gasteiger charge is -2.34. The molecule has 2 rings (SSSR count). The molecule has 5 heteroatoms. The van der Waals surface area contributed by atoms with Gasteiger partial charge in [0.2, 0.25) is 5.91 Å². The Morgan fingerprint density at radius 3 is 2.30 bits per heavy atom. The minimum Gasteiger partial charge on any atom is -0.355 e. The Balaban J connectivity index is 1.84. The SMILES string of the molecule is CC(C)(C)C(=O)[C@H]1CCCC[C@H]1C(=O)NCCN1CCNCC1. The largest absolute Gasteiger partial charge is 0.355 e. The number of nitrogens with zero attached hydrogens (tertiary/aromatic N) is 1. The predicted molar refractivity (Wildman–Crippen MR) is 92.2 cm³/mol. The number of amides is 1. The molecule has 1 amide bonds. The Kier molecular flexibility index (Phi) is 6.60. The number of Topliss-reactive ketones (excluding diaryl/α,β-unsaturated/α-hetero) is 1. The molecule has 23 heavy (non-hydrogen) atoms. The standard InChI is InChI=1S/C18H33N3O2/c1-18(2,3)16(22)14-6-4-5-7-15(14)17(23)20-10-13-21-11-8-19-9-12-21/h14-15,19H,4-13H2,1-3H3,(H,20,23)/t14-,15+/m0/s1. The summed E-state index contributed by atoms with van der Waals surface area (Å²) < 4.78 is 0. The first-order valence-electron chi connectivity index (χ1n) is 9.14. The third-order valence-corrected chi connectivity index (χ3v) is 5.12. The Labute approximate surface area is 140 Å². The van der Waals surface area contributed by atoms with Crippen LogP contribution in [0, 0.1) is 17.3 Å². The molecule has 1 aliphatic carbocycles. The average molecular weight is 323 g/mol. The number of hydrogen-bond acceptors (Lipinski definition) is 4. The first-order valence-corrected chi connectivity index (χ1v) is 9.14. The van der Waals surface area contributed by atoms with Crippen molar-refractivity contribution in [2.24, 2.45) is 17.3 Å². The van der Waals surface area contributed by atoms with Gasteiger partial charge in [0.25, 0.3) is 0 Å². The monoisotopic (exact) mass is 323 g/mol. The highest BCUT2D eigenvalue weighted by molar-refractivity contribution is 5.91. The lowest BCUT2D eigenvalue weighted by atomic mass is 9.70. The normalized spacial score (nSPS) is 26.7. The second-order valence-corrected chi connectivity index (χ2v) is 7.99. The molecule has 0 aromatic heterocycles. The fourth-order valence-corrected chi connectivity index (χ4v) is 3.72. The van der Waals surface area contributed by atoms with Crippen molar-refractivity contribution in [3.05, 3.63) is 0 Å². The summed E-state index contributed by atoms with van der Waals surface area (Å²) in [5.74, 6) is 0.114. The van der Waals surface area contributed by atoms with Crippen molar-refractivity contribution < 1.29 is 9.59 Å². The van der Waals surface area contributed by atoms with Crippen LogP contribution in [0.3, 0.4) is 0 Å². The summed E-state index contributed by atoms with van der Waals surface area (Å²) in [4.78, 5) is 27.6. The van der Waals surface area contributed by atoms with Crippen LogP contribution < -0.4 is 10.6 Å². The maximum atomic E-state index is 12.7. The van der Waals surface area contributed by atoms with Crippen LogP contribution in [0.5, 0.6) is 0 Å². The molecule has 2 N–H and O–H groups in total. The van der Waals surface area contributed by atoms with Gasteiger partial charge in [-0.2, -0.15) is 0 Å². The smallest absolute Gasteiger partial charge is 0.223 e. The highest BCUT2D eigenvalue weighted by Crippen LogP contribution is 2.35. The molecular weight excluding hydrogens is 290 g/mol. The minimum atomic E-state index is -0.360. The van der Waals surface area contributed by atoms with Crippen LogP contribution in [0.15, 0.2) is 0 Å². The van der Waals surface area contributed by atoms with Crippen LogP contribution >= 0.6 is 0 Å². The number of carbonyl (C=O) groups excluding carboxylic acids is 2. The summed E-state index contributed by atoms with van der Waals surface area (Å²) in [6, 6.07) is 0. The van der Waals surface area contributed by atoms with E-state index in [1.54, 1.807) is 0 Å². The Morgan fingerprint density at radius 1 is 1.09 bits per heavy atom. The first kappa shape index (κ1) is 18.4. The van der Waals surface area contributed by atoms with E-state index in [-0.39, 0.29) is 28.9 Å². The van der Waals surface area contributed by atoms with Crippen LogP contribution in [-0.4, -0.2) is 55.9 Å². The number of piperazine rings is 1. The van der Waals surface area contributed by atoms with Gasteiger partial charge in [-0.3, -0.25) is 14.5 Å². The molecule has 132 valence electrons. The molecule has 1 aliphatic heterocycles. The van der Waals surface area contributed by atoms with Crippen molar-refractivity contribution in [1.29, 1.82) is 0 Å². The summed E-state index contributed by atoms with van der Waals surface area (Å²) in [5, 5.41) is 6.41. The summed E-state index contributed by atoms with van der Waals surface area (Å²) >= 11 is 0. The second-order valence-electron chi connectivity index (χ2n) is 7.99. The van der Waals surface area contributed by atoms with E-state index < -0.39 is 0 Å². The van der Waals surface area contributed by atoms with E-state index in [2.05, 4.69) is 15.5 Å². The van der Waals surface area contributed by atoms with Crippen LogP contribution in [-0.2, 0) is 9.59 Å². The van der Waals surface area contributed by atoms with Crippen LogP contribution in [0.25, 0.3) is 0 Å². The predicted octanol–water partition coefficient (Wildman–Crippen LogP) is 1.43. The number of carbonyl (C=O) groups is 2. The fourth-order valence-electron chi connectivity index (χ4n) is 3.72. The quantitative estimate of drug-likeness (QED) is 0.803. The van der Waals surface area contributed by atoms with Crippen molar-refractivity contribution in [2.45, 2.75) is 46.5 Å². The molecule has 2 atom stereocenters. The van der Waals surface area contributed by atoms with Gasteiger partial charge in [0.05, 0.1) is 0 Å². The Hall–Kier alpha value is -0.940. The molecule has 5 nitrogen and oxygen atoms in total. The van der Waals surface area contributed by atoms with Gasteiger partial charge in [-0.1, -0.05) is 33.6 Å². The molecule has 0 spiro atoms. The van der Waals surface area contributed by atoms with Gasteiger partial charge in [-0.05, 0) is 12.8 Å². The lowest BCUT2D eigenvalue weighted by Crippen LogP contribution is -2.48. The minimum absolute atomic E-state index is 0.0856. The van der Waals surface area contributed by atoms with E-state index in [0.717, 1.165) is 58.4 Å². The molecule has 0 aromatic rings. The fraction of sp³-hybridized carbons (Fsp3) is 0.889. The maximum absolute atomic E-state index is 12.7. The van der Waals surface area contributed by atoms with Crippen LogP contribution in [0.1, 0.15) is 46.5 Å². The van der Waals surface area contributed by atoms with Crippen molar-refractivity contribution in [2.75, 3.05) is 39.3 Å². The van der Waals surface area contributed by atoms with Crippen molar-refractivity contribution in [1.82, 2.24) is 15.5 Å². The first-order chi connectivity index (χ1) is 10.9. The van der Waals surface area contributed by atoms with Gasteiger partial charge in [0, 0.05) is 56.5 Å². The topological polar surface area (TPSA) is 61.4 Å². The van der Waals surface area contributed by atoms with E-state index in [4.69, 9.17) is 0 Å². The number of hydrogen-bond donors (Lipinski definition) is 2. The van der Waals surface area contributed by atoms with Gasteiger partial charge in [-0.15, -0.1) is 0 Å². The average Bonchev–Trinajstić information content (AvgIpc) is 2.54. The van der Waals surface area contributed by atoms with Crippen molar-refractivity contribution in [3.63, 3.8) is 0 Å². The van der Waals surface area contributed by atoms with Gasteiger partial charge in [0.1, 0.15) is 5.78 Å². The maximum Gasteiger partial charge on any atom is 0.223 e. The van der Waals surface area contributed by atoms with Gasteiger partial charge in [-0.25, -0.2) is 0 Å². The zero-order valence-corrected chi connectivity index (χ0v) is 15.0. The molecule has 2 aliphatic rings. The molecule has 0 aromatic carbocycles. The molecule has 1 saturated carbocycles. The Morgan fingerprint density at radius 2 is 1.70 bits per heavy atom. The molecule has 2 fully saturated rings. The molecule has 1 saturated heterocycles. The molecule has 0 radical (unpaired) electrons. The Bertz CT molecular complexity index is 411. The molecule has 0 unspecified atom stereocenters. The second kappa shape index (κ2) is 8.25. The van der Waals surface area contributed by atoms with Gasteiger partial charge in [0.15, 0.2) is 0 Å². The highest BCUT2D eigenvalue weighted by Gasteiger charge is 2.39. The van der Waals surface area contributed by atoms with E-state index in [1.165, 1.54) is 0 Å². The van der Waals surface area contributed by atoms with Crippen LogP contribution in [0.2, 0.25) is 0 Å². The van der Waals surface area contributed by atoms with E-state index >= 15 is 0 Å². The van der Waals surface area contributed by atoms with Crippen molar-refractivity contribution >= 4 is 11.7 Å². The molecule has 0 bridgehead atoms. The number of ketones is 1. The summed E-state index contributed by atoms with van der Waals surface area (Å²) in [6.07, 6.45) is 3.85. The number of nitrogens with one attached hydrogen (secondary N) is 2. The summed E-state index contributed by atoms with van der Waals surface area (Å²) in [6.45, 7) is 11.6. The van der Waals surface area contributed by atoms with Gasteiger partial charge < -0.3 is 10.6 Å². The molecule has 1 heterocycles. The van der Waals surface area contributed by atoms with Crippen molar-refractivity contribution in [3.8, 4) is 0 Å². The van der Waals surface area contributed by atoms with Gasteiger partial charge >= 0.3 is 0 Å². The summed E-state index contributed by atoms with van der Waals surface area (Å²) in [5.41, 5.74) is -0.360. The zero-order valence-electron chi connectivity index (χ0n) is 15.0. The van der Waals surface area contributed by atoms with E-state index in [1.807, 2.05) is 20.8 Å². The lowest BCUT2D eigenvalue weighted by molar-refractivity contribution is -0.139. The third-order valence-electron chi connectivity index (χ3n) is 5.12. The molecular formula is C18H33N3O2.